The first-order valence-corrected chi connectivity index (χ1v) is 6.91. The highest BCUT2D eigenvalue weighted by molar-refractivity contribution is 5.86. The lowest BCUT2D eigenvalue weighted by Gasteiger charge is -2.31. The van der Waals surface area contributed by atoms with Crippen molar-refractivity contribution in [1.82, 2.24) is 0 Å². The molecule has 0 bridgehead atoms. The van der Waals surface area contributed by atoms with Crippen LogP contribution in [0.25, 0.3) is 0 Å². The summed E-state index contributed by atoms with van der Waals surface area (Å²) in [6.07, 6.45) is 3.62. The van der Waals surface area contributed by atoms with Gasteiger partial charge in [-0.05, 0) is 44.1 Å². The van der Waals surface area contributed by atoms with Gasteiger partial charge in [-0.3, -0.25) is 0 Å². The first-order chi connectivity index (χ1) is 8.97. The Morgan fingerprint density at radius 2 is 2.16 bits per heavy atom. The van der Waals surface area contributed by atoms with Crippen LogP contribution in [0.2, 0.25) is 0 Å². The predicted molar refractivity (Wildman–Crippen MR) is 71.2 cm³/mol. The second-order valence-corrected chi connectivity index (χ2v) is 5.73. The molecule has 0 aliphatic heterocycles. The predicted octanol–water partition coefficient (Wildman–Crippen LogP) is 3.63. The monoisotopic (exact) mass is 266 g/mol. The van der Waals surface area contributed by atoms with Crippen LogP contribution < -0.4 is 0 Å². The molecule has 2 rings (SSSR count). The third-order valence-electron chi connectivity index (χ3n) is 4.17. The highest BCUT2D eigenvalue weighted by Crippen LogP contribution is 2.31. The SMILES string of the molecule is Cc1cc(COC2CCC(C)C(C)C2)oc1C(=O)O. The molecule has 1 aromatic heterocycles. The van der Waals surface area contributed by atoms with E-state index in [9.17, 15) is 4.79 Å². The number of rotatable bonds is 4. The molecule has 3 unspecified atom stereocenters. The number of ether oxygens (including phenoxy) is 1. The summed E-state index contributed by atoms with van der Waals surface area (Å²) in [6.45, 7) is 6.65. The van der Waals surface area contributed by atoms with Gasteiger partial charge in [0.15, 0.2) is 0 Å². The zero-order valence-corrected chi connectivity index (χ0v) is 11.8. The summed E-state index contributed by atoms with van der Waals surface area (Å²) in [5.41, 5.74) is 0.650. The maximum atomic E-state index is 10.9. The third-order valence-corrected chi connectivity index (χ3v) is 4.17. The van der Waals surface area contributed by atoms with Crippen molar-refractivity contribution in [2.24, 2.45) is 11.8 Å². The summed E-state index contributed by atoms with van der Waals surface area (Å²) < 4.78 is 11.1. The van der Waals surface area contributed by atoms with E-state index in [2.05, 4.69) is 13.8 Å². The van der Waals surface area contributed by atoms with Crippen molar-refractivity contribution < 1.29 is 19.1 Å². The fourth-order valence-electron chi connectivity index (χ4n) is 2.68. The van der Waals surface area contributed by atoms with Crippen molar-refractivity contribution in [2.75, 3.05) is 0 Å². The Balaban J connectivity index is 1.89. The molecule has 1 aliphatic rings. The van der Waals surface area contributed by atoms with Crippen LogP contribution in [0.4, 0.5) is 0 Å². The molecule has 1 fully saturated rings. The average Bonchev–Trinajstić information content (AvgIpc) is 2.72. The zero-order chi connectivity index (χ0) is 14.0. The Kier molecular flexibility index (Phi) is 4.30. The van der Waals surface area contributed by atoms with E-state index in [4.69, 9.17) is 14.3 Å². The smallest absolute Gasteiger partial charge is 0.372 e. The van der Waals surface area contributed by atoms with Crippen molar-refractivity contribution in [1.29, 1.82) is 0 Å². The number of carboxylic acid groups (broad SMARTS) is 1. The molecule has 1 aromatic rings. The number of aromatic carboxylic acids is 1. The van der Waals surface area contributed by atoms with E-state index in [0.717, 1.165) is 18.8 Å². The third kappa shape index (κ3) is 3.38. The molecule has 4 heteroatoms. The summed E-state index contributed by atoms with van der Waals surface area (Å²) in [5.74, 6) is 1.05. The average molecular weight is 266 g/mol. The van der Waals surface area contributed by atoms with E-state index < -0.39 is 5.97 Å². The second kappa shape index (κ2) is 5.78. The molecule has 0 saturated heterocycles. The highest BCUT2D eigenvalue weighted by Gasteiger charge is 2.25. The van der Waals surface area contributed by atoms with Gasteiger partial charge in [0.05, 0.1) is 6.10 Å². The quantitative estimate of drug-likeness (QED) is 0.904. The minimum absolute atomic E-state index is 0.0178. The van der Waals surface area contributed by atoms with E-state index in [1.165, 1.54) is 6.42 Å². The van der Waals surface area contributed by atoms with Crippen molar-refractivity contribution >= 4 is 5.97 Å². The molecule has 0 radical (unpaired) electrons. The Labute approximate surface area is 113 Å². The van der Waals surface area contributed by atoms with Gasteiger partial charge in [-0.2, -0.15) is 0 Å². The molecule has 0 amide bonds. The van der Waals surface area contributed by atoms with Crippen molar-refractivity contribution in [3.63, 3.8) is 0 Å². The Morgan fingerprint density at radius 1 is 1.42 bits per heavy atom. The van der Waals surface area contributed by atoms with Crippen LogP contribution in [0.3, 0.4) is 0 Å². The van der Waals surface area contributed by atoms with E-state index in [0.29, 0.717) is 23.8 Å². The molecule has 106 valence electrons. The van der Waals surface area contributed by atoms with Crippen molar-refractivity contribution in [3.8, 4) is 0 Å². The normalized spacial score (nSPS) is 27.4. The lowest BCUT2D eigenvalue weighted by atomic mass is 9.80. The number of furan rings is 1. The van der Waals surface area contributed by atoms with E-state index in [1.54, 1.807) is 13.0 Å². The summed E-state index contributed by atoms with van der Waals surface area (Å²) in [6, 6.07) is 1.75. The van der Waals surface area contributed by atoms with Gasteiger partial charge in [-0.25, -0.2) is 4.79 Å². The molecule has 1 aliphatic carbocycles. The molecular weight excluding hydrogens is 244 g/mol. The maximum Gasteiger partial charge on any atom is 0.372 e. The van der Waals surface area contributed by atoms with Gasteiger partial charge < -0.3 is 14.3 Å². The zero-order valence-electron chi connectivity index (χ0n) is 11.8. The first-order valence-electron chi connectivity index (χ1n) is 6.91. The van der Waals surface area contributed by atoms with Crippen LogP contribution >= 0.6 is 0 Å². The van der Waals surface area contributed by atoms with Gasteiger partial charge in [0.25, 0.3) is 0 Å². The molecule has 0 aromatic carbocycles. The summed E-state index contributed by atoms with van der Waals surface area (Å²) in [7, 11) is 0. The minimum Gasteiger partial charge on any atom is -0.475 e. The summed E-state index contributed by atoms with van der Waals surface area (Å²) >= 11 is 0. The van der Waals surface area contributed by atoms with Crippen LogP contribution in [0.5, 0.6) is 0 Å². The molecule has 19 heavy (non-hydrogen) atoms. The van der Waals surface area contributed by atoms with Crippen LogP contribution in [-0.4, -0.2) is 17.2 Å². The second-order valence-electron chi connectivity index (χ2n) is 5.73. The fraction of sp³-hybridized carbons (Fsp3) is 0.667. The van der Waals surface area contributed by atoms with Gasteiger partial charge in [0.2, 0.25) is 5.76 Å². The molecule has 0 spiro atoms. The maximum absolute atomic E-state index is 10.9. The first kappa shape index (κ1) is 14.1. The molecule has 1 N–H and O–H groups in total. The minimum atomic E-state index is -1.02. The molecule has 3 atom stereocenters. The van der Waals surface area contributed by atoms with Crippen LogP contribution in [0.1, 0.15) is 55.0 Å². The largest absolute Gasteiger partial charge is 0.475 e. The number of hydrogen-bond acceptors (Lipinski definition) is 3. The summed E-state index contributed by atoms with van der Waals surface area (Å²) in [4.78, 5) is 10.9. The Bertz CT molecular complexity index is 449. The number of carboxylic acids is 1. The van der Waals surface area contributed by atoms with Gasteiger partial charge >= 0.3 is 5.97 Å². The van der Waals surface area contributed by atoms with Crippen LogP contribution in [0, 0.1) is 18.8 Å². The Hall–Kier alpha value is -1.29. The Morgan fingerprint density at radius 3 is 2.74 bits per heavy atom. The van der Waals surface area contributed by atoms with Crippen LogP contribution in [-0.2, 0) is 11.3 Å². The lowest BCUT2D eigenvalue weighted by Crippen LogP contribution is -2.26. The van der Waals surface area contributed by atoms with Gasteiger partial charge in [0.1, 0.15) is 12.4 Å². The van der Waals surface area contributed by atoms with E-state index in [-0.39, 0.29) is 11.9 Å². The van der Waals surface area contributed by atoms with Gasteiger partial charge in [-0.1, -0.05) is 13.8 Å². The number of hydrogen-bond donors (Lipinski definition) is 1. The van der Waals surface area contributed by atoms with Gasteiger partial charge in [-0.15, -0.1) is 0 Å². The highest BCUT2D eigenvalue weighted by atomic mass is 16.5. The van der Waals surface area contributed by atoms with Crippen LogP contribution in [0.15, 0.2) is 10.5 Å². The van der Waals surface area contributed by atoms with Crippen molar-refractivity contribution in [2.45, 2.75) is 52.7 Å². The van der Waals surface area contributed by atoms with E-state index >= 15 is 0 Å². The summed E-state index contributed by atoms with van der Waals surface area (Å²) in [5, 5.41) is 8.93. The standard InChI is InChI=1S/C15H22O4/c1-9-4-5-12(6-10(9)2)18-8-13-7-11(3)14(19-13)15(16)17/h7,9-10,12H,4-6,8H2,1-3H3,(H,16,17). The topological polar surface area (TPSA) is 59.7 Å². The molecule has 1 heterocycles. The number of aryl methyl sites for hydroxylation is 1. The molecular formula is C15H22O4. The van der Waals surface area contributed by atoms with Gasteiger partial charge in [0, 0.05) is 5.56 Å². The van der Waals surface area contributed by atoms with Crippen molar-refractivity contribution in [3.05, 3.63) is 23.2 Å². The van der Waals surface area contributed by atoms with E-state index in [1.807, 2.05) is 0 Å². The number of carbonyl (C=O) groups is 1. The molecule has 1 saturated carbocycles. The fourth-order valence-corrected chi connectivity index (χ4v) is 2.68. The lowest BCUT2D eigenvalue weighted by molar-refractivity contribution is -0.0143. The molecule has 4 nitrogen and oxygen atoms in total.